The molecule has 3 rings (SSSR count). The zero-order valence-corrected chi connectivity index (χ0v) is 14.6. The lowest BCUT2D eigenvalue weighted by Gasteiger charge is -2.46. The zero-order chi connectivity index (χ0) is 14.7. The number of rotatable bonds is 4. The Bertz CT molecular complexity index is 450. The van der Waals surface area contributed by atoms with Gasteiger partial charge in [0.05, 0.1) is 19.3 Å². The first kappa shape index (κ1) is 15.7. The van der Waals surface area contributed by atoms with E-state index in [-0.39, 0.29) is 11.6 Å². The highest BCUT2D eigenvalue weighted by Crippen LogP contribution is 2.39. The summed E-state index contributed by atoms with van der Waals surface area (Å²) in [7, 11) is 0. The number of aliphatic hydroxyl groups excluding tert-OH is 1. The summed E-state index contributed by atoms with van der Waals surface area (Å²) in [5.74, 6) is 0. The molecule has 0 spiro atoms. The summed E-state index contributed by atoms with van der Waals surface area (Å²) < 4.78 is 6.74. The molecule has 0 radical (unpaired) electrons. The molecule has 1 saturated heterocycles. The minimum Gasteiger partial charge on any atom is -0.391 e. The Balaban J connectivity index is 1.74. The predicted octanol–water partition coefficient (Wildman–Crippen LogP) is 2.84. The van der Waals surface area contributed by atoms with Crippen molar-refractivity contribution in [1.82, 2.24) is 4.90 Å². The first-order valence-electron chi connectivity index (χ1n) is 7.96. The Morgan fingerprint density at radius 1 is 1.14 bits per heavy atom. The van der Waals surface area contributed by atoms with Gasteiger partial charge in [0.15, 0.2) is 0 Å². The van der Waals surface area contributed by atoms with Gasteiger partial charge in [0.25, 0.3) is 0 Å². The average molecular weight is 401 g/mol. The van der Waals surface area contributed by atoms with Crippen molar-refractivity contribution >= 4 is 22.6 Å². The molecule has 2 fully saturated rings. The lowest BCUT2D eigenvalue weighted by molar-refractivity contribution is -0.0753. The van der Waals surface area contributed by atoms with Gasteiger partial charge < -0.3 is 9.84 Å². The van der Waals surface area contributed by atoms with Gasteiger partial charge >= 0.3 is 0 Å². The Labute approximate surface area is 140 Å². The van der Waals surface area contributed by atoms with Gasteiger partial charge in [-0.05, 0) is 53.1 Å². The number of hydrogen-bond donors (Lipinski definition) is 1. The first-order valence-corrected chi connectivity index (χ1v) is 9.04. The Morgan fingerprint density at radius 2 is 1.76 bits per heavy atom. The third-order valence-corrected chi connectivity index (χ3v) is 5.79. The minimum absolute atomic E-state index is 0.0211. The summed E-state index contributed by atoms with van der Waals surface area (Å²) >= 11 is 2.32. The van der Waals surface area contributed by atoms with Crippen LogP contribution < -0.4 is 0 Å². The van der Waals surface area contributed by atoms with Crippen LogP contribution in [0.1, 0.15) is 31.2 Å². The van der Waals surface area contributed by atoms with Crippen molar-refractivity contribution < 1.29 is 9.84 Å². The fourth-order valence-electron chi connectivity index (χ4n) is 3.89. The van der Waals surface area contributed by atoms with Gasteiger partial charge in [-0.2, -0.15) is 0 Å². The molecule has 0 amide bonds. The number of morpholine rings is 1. The third-order valence-electron chi connectivity index (χ3n) is 5.07. The van der Waals surface area contributed by atoms with Crippen LogP contribution in [0, 0.1) is 3.57 Å². The molecule has 1 aliphatic heterocycles. The quantitative estimate of drug-likeness (QED) is 0.788. The van der Waals surface area contributed by atoms with E-state index < -0.39 is 0 Å². The maximum absolute atomic E-state index is 11.0. The van der Waals surface area contributed by atoms with Crippen molar-refractivity contribution in [1.29, 1.82) is 0 Å². The molecule has 2 aliphatic rings. The van der Waals surface area contributed by atoms with E-state index in [4.69, 9.17) is 4.74 Å². The van der Waals surface area contributed by atoms with Crippen LogP contribution in [0.3, 0.4) is 0 Å². The van der Waals surface area contributed by atoms with Gasteiger partial charge in [0.1, 0.15) is 0 Å². The highest BCUT2D eigenvalue weighted by atomic mass is 127. The van der Waals surface area contributed by atoms with Gasteiger partial charge in [0.2, 0.25) is 0 Å². The fourth-order valence-corrected chi connectivity index (χ4v) is 4.25. The third kappa shape index (κ3) is 3.44. The summed E-state index contributed by atoms with van der Waals surface area (Å²) in [5.41, 5.74) is 1.22. The molecular formula is C17H24INO2. The van der Waals surface area contributed by atoms with Crippen molar-refractivity contribution in [2.24, 2.45) is 0 Å². The van der Waals surface area contributed by atoms with E-state index in [1.807, 2.05) is 0 Å². The summed E-state index contributed by atoms with van der Waals surface area (Å²) in [6.07, 6.45) is 5.20. The van der Waals surface area contributed by atoms with Crippen molar-refractivity contribution in [2.75, 3.05) is 26.3 Å². The van der Waals surface area contributed by atoms with Crippen LogP contribution in [-0.4, -0.2) is 48.0 Å². The number of nitrogens with zero attached hydrogens (tertiary/aromatic N) is 1. The van der Waals surface area contributed by atoms with E-state index in [1.54, 1.807) is 0 Å². The van der Waals surface area contributed by atoms with Gasteiger partial charge in [-0.15, -0.1) is 0 Å². The van der Waals surface area contributed by atoms with Crippen LogP contribution in [0.15, 0.2) is 24.3 Å². The molecule has 1 aromatic rings. The number of ether oxygens (including phenoxy) is 1. The van der Waals surface area contributed by atoms with E-state index in [2.05, 4.69) is 51.8 Å². The molecule has 1 aromatic carbocycles. The second-order valence-electron chi connectivity index (χ2n) is 6.26. The lowest BCUT2D eigenvalue weighted by Crippen LogP contribution is -2.59. The van der Waals surface area contributed by atoms with Gasteiger partial charge in [-0.25, -0.2) is 0 Å². The smallest absolute Gasteiger partial charge is 0.0764 e. The van der Waals surface area contributed by atoms with E-state index in [0.717, 1.165) is 45.6 Å². The molecule has 1 unspecified atom stereocenters. The molecule has 21 heavy (non-hydrogen) atoms. The van der Waals surface area contributed by atoms with Gasteiger partial charge in [0, 0.05) is 28.6 Å². The maximum Gasteiger partial charge on any atom is 0.0764 e. The number of aliphatic hydroxyl groups is 1. The number of halogens is 1. The molecule has 116 valence electrons. The highest BCUT2D eigenvalue weighted by Gasteiger charge is 2.45. The topological polar surface area (TPSA) is 32.7 Å². The fraction of sp³-hybridized carbons (Fsp3) is 0.647. The molecule has 3 nitrogen and oxygen atoms in total. The van der Waals surface area contributed by atoms with Crippen molar-refractivity contribution in [3.05, 3.63) is 33.4 Å². The second kappa shape index (κ2) is 6.94. The molecule has 0 aromatic heterocycles. The van der Waals surface area contributed by atoms with E-state index in [1.165, 1.54) is 22.0 Å². The van der Waals surface area contributed by atoms with Crippen LogP contribution >= 0.6 is 22.6 Å². The Kier molecular flexibility index (Phi) is 5.19. The van der Waals surface area contributed by atoms with Crippen LogP contribution in [-0.2, 0) is 11.2 Å². The summed E-state index contributed by atoms with van der Waals surface area (Å²) in [5, 5.41) is 11.0. The standard InChI is InChI=1S/C17H24INO2/c18-15-5-3-14(4-6-15)13-16(20)17(7-1-2-8-17)19-9-11-21-12-10-19/h3-6,16,20H,1-2,7-13H2. The normalized spacial score (nSPS) is 24.1. The largest absolute Gasteiger partial charge is 0.391 e. The average Bonchev–Trinajstić information content (AvgIpc) is 3.01. The summed E-state index contributed by atoms with van der Waals surface area (Å²) in [6, 6.07) is 8.54. The van der Waals surface area contributed by atoms with Crippen LogP contribution in [0.4, 0.5) is 0 Å². The number of hydrogen-bond acceptors (Lipinski definition) is 3. The molecule has 1 N–H and O–H groups in total. The molecule has 0 bridgehead atoms. The van der Waals surface area contributed by atoms with Gasteiger partial charge in [-0.1, -0.05) is 25.0 Å². The molecule has 1 heterocycles. The Hall–Kier alpha value is -0.170. The first-order chi connectivity index (χ1) is 10.2. The molecule has 4 heteroatoms. The monoisotopic (exact) mass is 401 g/mol. The molecule has 1 atom stereocenters. The minimum atomic E-state index is -0.279. The van der Waals surface area contributed by atoms with E-state index in [0.29, 0.717) is 0 Å². The Morgan fingerprint density at radius 3 is 2.38 bits per heavy atom. The maximum atomic E-state index is 11.0. The SMILES string of the molecule is OC(Cc1ccc(I)cc1)C1(N2CCOCC2)CCCC1. The van der Waals surface area contributed by atoms with Crippen molar-refractivity contribution in [3.8, 4) is 0 Å². The molecule has 1 saturated carbocycles. The van der Waals surface area contributed by atoms with Crippen LogP contribution in [0.5, 0.6) is 0 Å². The summed E-state index contributed by atoms with van der Waals surface area (Å²) in [6.45, 7) is 3.53. The second-order valence-corrected chi connectivity index (χ2v) is 7.50. The van der Waals surface area contributed by atoms with Crippen LogP contribution in [0.25, 0.3) is 0 Å². The predicted molar refractivity (Wildman–Crippen MR) is 92.5 cm³/mol. The van der Waals surface area contributed by atoms with E-state index >= 15 is 0 Å². The highest BCUT2D eigenvalue weighted by molar-refractivity contribution is 14.1. The van der Waals surface area contributed by atoms with Crippen LogP contribution in [0.2, 0.25) is 0 Å². The molecule has 1 aliphatic carbocycles. The van der Waals surface area contributed by atoms with E-state index in [9.17, 15) is 5.11 Å². The number of benzene rings is 1. The van der Waals surface area contributed by atoms with Crippen molar-refractivity contribution in [2.45, 2.75) is 43.7 Å². The van der Waals surface area contributed by atoms with Crippen molar-refractivity contribution in [3.63, 3.8) is 0 Å². The molecular weight excluding hydrogens is 377 g/mol. The lowest BCUT2D eigenvalue weighted by atomic mass is 9.84. The van der Waals surface area contributed by atoms with Gasteiger partial charge in [-0.3, -0.25) is 4.90 Å². The zero-order valence-electron chi connectivity index (χ0n) is 12.4. The summed E-state index contributed by atoms with van der Waals surface area (Å²) in [4.78, 5) is 2.50.